The summed E-state index contributed by atoms with van der Waals surface area (Å²) in [5.41, 5.74) is 0.644. The smallest absolute Gasteiger partial charge is 0.211 e. The number of sulfonamides is 1. The second-order valence-corrected chi connectivity index (χ2v) is 9.65. The molecular formula is C19H30FIN4O2S. The molecule has 1 aliphatic heterocycles. The molecule has 2 fully saturated rings. The molecule has 0 bridgehead atoms. The average Bonchev–Trinajstić information content (AvgIpc) is 3.43. The highest BCUT2D eigenvalue weighted by Crippen LogP contribution is 2.48. The Bertz CT molecular complexity index is 791. The molecule has 1 saturated heterocycles. The zero-order chi connectivity index (χ0) is 19.5. The maximum atomic E-state index is 14.1. The number of guanidine groups is 1. The molecule has 0 radical (unpaired) electrons. The van der Waals surface area contributed by atoms with Crippen molar-refractivity contribution in [3.8, 4) is 0 Å². The third kappa shape index (κ3) is 5.79. The van der Waals surface area contributed by atoms with Crippen molar-refractivity contribution in [1.82, 2.24) is 14.9 Å². The predicted octanol–water partition coefficient (Wildman–Crippen LogP) is 2.31. The molecule has 3 rings (SSSR count). The SMILES string of the molecule is CN=C(NCC1CCN(S(C)(=O)=O)CC1)NCC1(c2ccccc2F)CC1.I. The molecule has 0 amide bonds. The Balaban J connectivity index is 0.00000280. The van der Waals surface area contributed by atoms with Crippen LogP contribution in [0.5, 0.6) is 0 Å². The van der Waals surface area contributed by atoms with Crippen molar-refractivity contribution in [3.63, 3.8) is 0 Å². The van der Waals surface area contributed by atoms with E-state index in [1.807, 2.05) is 12.1 Å². The van der Waals surface area contributed by atoms with Gasteiger partial charge >= 0.3 is 0 Å². The summed E-state index contributed by atoms with van der Waals surface area (Å²) in [5.74, 6) is 0.989. The Hall–Kier alpha value is -0.940. The molecule has 1 heterocycles. The van der Waals surface area contributed by atoms with E-state index in [-0.39, 0.29) is 35.2 Å². The third-order valence-corrected chi connectivity index (χ3v) is 7.02. The highest BCUT2D eigenvalue weighted by molar-refractivity contribution is 14.0. The Morgan fingerprint density at radius 3 is 2.43 bits per heavy atom. The largest absolute Gasteiger partial charge is 0.356 e. The Kier molecular flexibility index (Phi) is 8.09. The van der Waals surface area contributed by atoms with Crippen LogP contribution in [0.4, 0.5) is 4.39 Å². The van der Waals surface area contributed by atoms with Crippen LogP contribution in [0.1, 0.15) is 31.2 Å². The lowest BCUT2D eigenvalue weighted by Crippen LogP contribution is -2.45. The van der Waals surface area contributed by atoms with Crippen LogP contribution in [0.25, 0.3) is 0 Å². The van der Waals surface area contributed by atoms with Gasteiger partial charge in [0.25, 0.3) is 0 Å². The number of benzene rings is 1. The number of hydrogen-bond donors (Lipinski definition) is 2. The summed E-state index contributed by atoms with van der Waals surface area (Å²) in [6, 6.07) is 6.99. The molecule has 158 valence electrons. The number of hydrogen-bond acceptors (Lipinski definition) is 3. The van der Waals surface area contributed by atoms with Crippen LogP contribution in [0.15, 0.2) is 29.3 Å². The van der Waals surface area contributed by atoms with E-state index in [1.54, 1.807) is 17.4 Å². The summed E-state index contributed by atoms with van der Waals surface area (Å²) < 4.78 is 38.8. The van der Waals surface area contributed by atoms with Gasteiger partial charge in [-0.05, 0) is 43.2 Å². The Labute approximate surface area is 184 Å². The second kappa shape index (κ2) is 9.71. The van der Waals surface area contributed by atoms with E-state index >= 15 is 0 Å². The van der Waals surface area contributed by atoms with Gasteiger partial charge in [-0.3, -0.25) is 4.99 Å². The molecule has 0 atom stereocenters. The average molecular weight is 524 g/mol. The highest BCUT2D eigenvalue weighted by atomic mass is 127. The van der Waals surface area contributed by atoms with Gasteiger partial charge in [-0.2, -0.15) is 0 Å². The van der Waals surface area contributed by atoms with Crippen LogP contribution in [-0.4, -0.2) is 58.2 Å². The fraction of sp³-hybridized carbons (Fsp3) is 0.632. The number of aliphatic imine (C=N–C) groups is 1. The molecule has 1 saturated carbocycles. The van der Waals surface area contributed by atoms with Crippen LogP contribution in [0, 0.1) is 11.7 Å². The first-order chi connectivity index (χ1) is 12.8. The number of piperidine rings is 1. The molecule has 2 aliphatic rings. The summed E-state index contributed by atoms with van der Waals surface area (Å²) >= 11 is 0. The summed E-state index contributed by atoms with van der Waals surface area (Å²) in [6.07, 6.45) is 4.90. The van der Waals surface area contributed by atoms with E-state index in [1.165, 1.54) is 12.3 Å². The number of halogens is 2. The first kappa shape index (κ1) is 23.3. The van der Waals surface area contributed by atoms with Gasteiger partial charge in [-0.25, -0.2) is 17.1 Å². The van der Waals surface area contributed by atoms with Crippen LogP contribution >= 0.6 is 24.0 Å². The quantitative estimate of drug-likeness (QED) is 0.341. The predicted molar refractivity (Wildman–Crippen MR) is 121 cm³/mol. The number of rotatable bonds is 6. The molecule has 1 aromatic carbocycles. The van der Waals surface area contributed by atoms with E-state index < -0.39 is 10.0 Å². The van der Waals surface area contributed by atoms with Crippen molar-refractivity contribution in [2.75, 3.05) is 39.5 Å². The molecule has 9 heteroatoms. The minimum Gasteiger partial charge on any atom is -0.356 e. The maximum absolute atomic E-state index is 14.1. The van der Waals surface area contributed by atoms with Crippen LogP contribution < -0.4 is 10.6 Å². The highest BCUT2D eigenvalue weighted by Gasteiger charge is 2.45. The fourth-order valence-electron chi connectivity index (χ4n) is 3.74. The summed E-state index contributed by atoms with van der Waals surface area (Å²) in [6.45, 7) is 2.56. The summed E-state index contributed by atoms with van der Waals surface area (Å²) in [4.78, 5) is 4.27. The van der Waals surface area contributed by atoms with E-state index in [0.29, 0.717) is 31.5 Å². The van der Waals surface area contributed by atoms with Crippen molar-refractivity contribution in [3.05, 3.63) is 35.6 Å². The van der Waals surface area contributed by atoms with E-state index in [4.69, 9.17) is 0 Å². The molecule has 28 heavy (non-hydrogen) atoms. The van der Waals surface area contributed by atoms with Gasteiger partial charge in [0.1, 0.15) is 5.82 Å². The first-order valence-electron chi connectivity index (χ1n) is 9.49. The van der Waals surface area contributed by atoms with Crippen molar-refractivity contribution in [2.45, 2.75) is 31.1 Å². The molecule has 0 aromatic heterocycles. The summed E-state index contributed by atoms with van der Waals surface area (Å²) in [7, 11) is -1.36. The van der Waals surface area contributed by atoms with E-state index in [9.17, 15) is 12.8 Å². The third-order valence-electron chi connectivity index (χ3n) is 5.72. The molecule has 0 unspecified atom stereocenters. The van der Waals surface area contributed by atoms with Gasteiger partial charge in [0.15, 0.2) is 5.96 Å². The standard InChI is InChI=1S/C19H29FN4O2S.HI/c1-21-18(22-13-15-7-11-24(12-8-15)27(2,25)26)23-14-19(9-10-19)16-5-3-4-6-17(16)20;/h3-6,15H,7-14H2,1-2H3,(H2,21,22,23);1H. The van der Waals surface area contributed by atoms with Crippen LogP contribution in [-0.2, 0) is 15.4 Å². The van der Waals surface area contributed by atoms with Gasteiger partial charge in [-0.1, -0.05) is 18.2 Å². The Morgan fingerprint density at radius 2 is 1.89 bits per heavy atom. The second-order valence-electron chi connectivity index (χ2n) is 7.67. The molecule has 1 aromatic rings. The van der Waals surface area contributed by atoms with Crippen molar-refractivity contribution in [1.29, 1.82) is 0 Å². The van der Waals surface area contributed by atoms with Crippen molar-refractivity contribution >= 4 is 40.0 Å². The van der Waals surface area contributed by atoms with E-state index in [2.05, 4.69) is 15.6 Å². The zero-order valence-corrected chi connectivity index (χ0v) is 19.6. The van der Waals surface area contributed by atoms with Gasteiger partial charge in [0, 0.05) is 38.6 Å². The van der Waals surface area contributed by atoms with Gasteiger partial charge in [0.05, 0.1) is 6.26 Å². The molecule has 0 spiro atoms. The maximum Gasteiger partial charge on any atom is 0.211 e. The van der Waals surface area contributed by atoms with Gasteiger partial charge in [0.2, 0.25) is 10.0 Å². The van der Waals surface area contributed by atoms with Gasteiger partial charge in [-0.15, -0.1) is 24.0 Å². The van der Waals surface area contributed by atoms with Crippen LogP contribution in [0.2, 0.25) is 0 Å². The fourth-order valence-corrected chi connectivity index (χ4v) is 4.62. The lowest BCUT2D eigenvalue weighted by Gasteiger charge is -2.30. The monoisotopic (exact) mass is 524 g/mol. The number of nitrogens with one attached hydrogen (secondary N) is 2. The van der Waals surface area contributed by atoms with E-state index in [0.717, 1.165) is 37.8 Å². The minimum atomic E-state index is -3.09. The Morgan fingerprint density at radius 1 is 1.25 bits per heavy atom. The molecule has 2 N–H and O–H groups in total. The van der Waals surface area contributed by atoms with Gasteiger partial charge < -0.3 is 10.6 Å². The van der Waals surface area contributed by atoms with Crippen molar-refractivity contribution < 1.29 is 12.8 Å². The molecule has 6 nitrogen and oxygen atoms in total. The summed E-state index contributed by atoms with van der Waals surface area (Å²) in [5, 5.41) is 6.67. The lowest BCUT2D eigenvalue weighted by molar-refractivity contribution is 0.274. The minimum absolute atomic E-state index is 0. The lowest BCUT2D eigenvalue weighted by atomic mass is 9.95. The van der Waals surface area contributed by atoms with Crippen LogP contribution in [0.3, 0.4) is 0 Å². The van der Waals surface area contributed by atoms with Crippen molar-refractivity contribution in [2.24, 2.45) is 10.9 Å². The zero-order valence-electron chi connectivity index (χ0n) is 16.4. The first-order valence-corrected chi connectivity index (χ1v) is 11.3. The molecular weight excluding hydrogens is 494 g/mol. The normalized spacial score (nSPS) is 20.3. The molecule has 1 aliphatic carbocycles. The topological polar surface area (TPSA) is 73.8 Å². The number of nitrogens with zero attached hydrogens (tertiary/aromatic N) is 2.